The molecule has 0 spiro atoms. The van der Waals surface area contributed by atoms with E-state index in [4.69, 9.17) is 5.11 Å². The van der Waals surface area contributed by atoms with Crippen molar-refractivity contribution in [1.82, 2.24) is 4.90 Å². The number of carbonyl (C=O) groups excluding carboxylic acids is 1. The highest BCUT2D eigenvalue weighted by molar-refractivity contribution is 5.85. The van der Waals surface area contributed by atoms with E-state index in [0.717, 1.165) is 12.8 Å². The predicted molar refractivity (Wildman–Crippen MR) is 51.8 cm³/mol. The summed E-state index contributed by atoms with van der Waals surface area (Å²) >= 11 is 0. The number of nitrogens with zero attached hydrogens (tertiary/aromatic N) is 1. The van der Waals surface area contributed by atoms with Gasteiger partial charge in [0.25, 0.3) is 0 Å². The SMILES string of the molecule is CCN(C)C(=O)C1CCCC1C(=O)O. The molecule has 0 aromatic heterocycles. The molecule has 1 N–H and O–H groups in total. The summed E-state index contributed by atoms with van der Waals surface area (Å²) in [5.74, 6) is -1.60. The average molecular weight is 199 g/mol. The third-order valence-electron chi connectivity index (χ3n) is 3.00. The van der Waals surface area contributed by atoms with Gasteiger partial charge in [-0.05, 0) is 19.8 Å². The minimum absolute atomic E-state index is 0.0163. The van der Waals surface area contributed by atoms with Gasteiger partial charge in [-0.1, -0.05) is 6.42 Å². The summed E-state index contributed by atoms with van der Waals surface area (Å²) < 4.78 is 0. The fourth-order valence-corrected chi connectivity index (χ4v) is 1.99. The second kappa shape index (κ2) is 4.44. The van der Waals surface area contributed by atoms with E-state index in [1.165, 1.54) is 0 Å². The molecule has 1 rings (SSSR count). The van der Waals surface area contributed by atoms with Crippen molar-refractivity contribution in [3.63, 3.8) is 0 Å². The molecule has 2 unspecified atom stereocenters. The third kappa shape index (κ3) is 2.05. The van der Waals surface area contributed by atoms with Crippen molar-refractivity contribution in [1.29, 1.82) is 0 Å². The Morgan fingerprint density at radius 1 is 1.36 bits per heavy atom. The maximum absolute atomic E-state index is 11.8. The topological polar surface area (TPSA) is 57.6 Å². The fraction of sp³-hybridized carbons (Fsp3) is 0.800. The molecule has 2 atom stereocenters. The van der Waals surface area contributed by atoms with Crippen molar-refractivity contribution in [2.24, 2.45) is 11.8 Å². The summed E-state index contributed by atoms with van der Waals surface area (Å²) in [6.07, 6.45) is 2.22. The quantitative estimate of drug-likeness (QED) is 0.736. The van der Waals surface area contributed by atoms with Crippen LogP contribution in [-0.4, -0.2) is 35.5 Å². The Hall–Kier alpha value is -1.06. The normalized spacial score (nSPS) is 26.1. The number of amides is 1. The van der Waals surface area contributed by atoms with Gasteiger partial charge in [-0.15, -0.1) is 0 Å². The lowest BCUT2D eigenvalue weighted by molar-refractivity contribution is -0.148. The van der Waals surface area contributed by atoms with Gasteiger partial charge in [-0.3, -0.25) is 9.59 Å². The first-order valence-corrected chi connectivity index (χ1v) is 5.05. The lowest BCUT2D eigenvalue weighted by Crippen LogP contribution is -2.36. The summed E-state index contributed by atoms with van der Waals surface area (Å²) in [5.41, 5.74) is 0. The van der Waals surface area contributed by atoms with Crippen molar-refractivity contribution < 1.29 is 14.7 Å². The minimum Gasteiger partial charge on any atom is -0.481 e. The number of carboxylic acids is 1. The van der Waals surface area contributed by atoms with Crippen LogP contribution < -0.4 is 0 Å². The highest BCUT2D eigenvalue weighted by atomic mass is 16.4. The molecule has 4 nitrogen and oxygen atoms in total. The Morgan fingerprint density at radius 3 is 2.43 bits per heavy atom. The van der Waals surface area contributed by atoms with E-state index in [2.05, 4.69) is 0 Å². The van der Waals surface area contributed by atoms with Crippen LogP contribution in [0.2, 0.25) is 0 Å². The van der Waals surface area contributed by atoms with Crippen LogP contribution in [0.15, 0.2) is 0 Å². The maximum Gasteiger partial charge on any atom is 0.307 e. The van der Waals surface area contributed by atoms with Crippen LogP contribution in [0.25, 0.3) is 0 Å². The second-order valence-corrected chi connectivity index (χ2v) is 3.83. The van der Waals surface area contributed by atoms with E-state index in [9.17, 15) is 9.59 Å². The second-order valence-electron chi connectivity index (χ2n) is 3.83. The van der Waals surface area contributed by atoms with E-state index in [0.29, 0.717) is 13.0 Å². The summed E-state index contributed by atoms with van der Waals surface area (Å²) in [6.45, 7) is 2.53. The average Bonchev–Trinajstić information content (AvgIpc) is 2.63. The van der Waals surface area contributed by atoms with Crippen molar-refractivity contribution >= 4 is 11.9 Å². The van der Waals surface area contributed by atoms with Gasteiger partial charge in [-0.25, -0.2) is 0 Å². The monoisotopic (exact) mass is 199 g/mol. The number of hydrogen-bond acceptors (Lipinski definition) is 2. The van der Waals surface area contributed by atoms with Crippen LogP contribution in [0, 0.1) is 11.8 Å². The molecule has 0 aromatic carbocycles. The zero-order chi connectivity index (χ0) is 10.7. The molecule has 1 amide bonds. The molecule has 1 saturated carbocycles. The highest BCUT2D eigenvalue weighted by Crippen LogP contribution is 2.33. The highest BCUT2D eigenvalue weighted by Gasteiger charge is 2.38. The Labute approximate surface area is 83.9 Å². The van der Waals surface area contributed by atoms with Crippen LogP contribution in [0.5, 0.6) is 0 Å². The van der Waals surface area contributed by atoms with Gasteiger partial charge in [0.05, 0.1) is 11.8 Å². The fourth-order valence-electron chi connectivity index (χ4n) is 1.99. The van der Waals surface area contributed by atoms with Gasteiger partial charge in [0.1, 0.15) is 0 Å². The summed E-state index contributed by atoms with van der Waals surface area (Å²) in [6, 6.07) is 0. The molecule has 4 heteroatoms. The maximum atomic E-state index is 11.8. The Bertz CT molecular complexity index is 240. The molecule has 1 aliphatic rings. The summed E-state index contributed by atoms with van der Waals surface area (Å²) in [5, 5.41) is 8.92. The van der Waals surface area contributed by atoms with E-state index in [1.807, 2.05) is 6.92 Å². The minimum atomic E-state index is -0.828. The Balaban J connectivity index is 2.67. The molecule has 1 fully saturated rings. The standard InChI is InChI=1S/C10H17NO3/c1-3-11(2)9(12)7-5-4-6-8(7)10(13)14/h7-8H,3-6H2,1-2H3,(H,13,14). The van der Waals surface area contributed by atoms with Crippen molar-refractivity contribution in [3.05, 3.63) is 0 Å². The van der Waals surface area contributed by atoms with Crippen LogP contribution in [0.4, 0.5) is 0 Å². The lowest BCUT2D eigenvalue weighted by atomic mass is 9.95. The number of rotatable bonds is 3. The first-order chi connectivity index (χ1) is 6.57. The Kier molecular flexibility index (Phi) is 3.49. The first-order valence-electron chi connectivity index (χ1n) is 5.05. The molecule has 0 bridgehead atoms. The number of hydrogen-bond donors (Lipinski definition) is 1. The van der Waals surface area contributed by atoms with Crippen LogP contribution in [0.3, 0.4) is 0 Å². The molecule has 14 heavy (non-hydrogen) atoms. The lowest BCUT2D eigenvalue weighted by Gasteiger charge is -2.21. The van der Waals surface area contributed by atoms with Gasteiger partial charge in [0, 0.05) is 13.6 Å². The van der Waals surface area contributed by atoms with Crippen molar-refractivity contribution in [3.8, 4) is 0 Å². The van der Waals surface area contributed by atoms with Gasteiger partial charge < -0.3 is 10.0 Å². The molecule has 1 aliphatic carbocycles. The van der Waals surface area contributed by atoms with E-state index >= 15 is 0 Å². The number of carbonyl (C=O) groups is 2. The van der Waals surface area contributed by atoms with Crippen LogP contribution >= 0.6 is 0 Å². The van der Waals surface area contributed by atoms with Gasteiger partial charge >= 0.3 is 5.97 Å². The molecule has 80 valence electrons. The van der Waals surface area contributed by atoms with Gasteiger partial charge in [0.2, 0.25) is 5.91 Å². The third-order valence-corrected chi connectivity index (χ3v) is 3.00. The molecule has 0 saturated heterocycles. The summed E-state index contributed by atoms with van der Waals surface area (Å²) in [7, 11) is 1.72. The smallest absolute Gasteiger partial charge is 0.307 e. The van der Waals surface area contributed by atoms with Crippen LogP contribution in [-0.2, 0) is 9.59 Å². The van der Waals surface area contributed by atoms with Gasteiger partial charge in [0.15, 0.2) is 0 Å². The number of carboxylic acid groups (broad SMARTS) is 1. The van der Waals surface area contributed by atoms with Crippen molar-refractivity contribution in [2.45, 2.75) is 26.2 Å². The largest absolute Gasteiger partial charge is 0.481 e. The van der Waals surface area contributed by atoms with E-state index in [1.54, 1.807) is 11.9 Å². The molecule has 0 heterocycles. The predicted octanol–water partition coefficient (Wildman–Crippen LogP) is 0.966. The zero-order valence-electron chi connectivity index (χ0n) is 8.69. The molecule has 0 radical (unpaired) electrons. The Morgan fingerprint density at radius 2 is 1.93 bits per heavy atom. The van der Waals surface area contributed by atoms with Gasteiger partial charge in [-0.2, -0.15) is 0 Å². The zero-order valence-corrected chi connectivity index (χ0v) is 8.69. The molecular formula is C10H17NO3. The van der Waals surface area contributed by atoms with Crippen molar-refractivity contribution in [2.75, 3.05) is 13.6 Å². The molecule has 0 aromatic rings. The van der Waals surface area contributed by atoms with E-state index < -0.39 is 11.9 Å². The molecular weight excluding hydrogens is 182 g/mol. The number of aliphatic carboxylic acids is 1. The first kappa shape index (κ1) is 11.0. The molecule has 0 aliphatic heterocycles. The van der Waals surface area contributed by atoms with Crippen LogP contribution in [0.1, 0.15) is 26.2 Å². The van der Waals surface area contributed by atoms with E-state index in [-0.39, 0.29) is 11.8 Å². The summed E-state index contributed by atoms with van der Waals surface area (Å²) in [4.78, 5) is 24.2.